The molecule has 56 valence electrons. The van der Waals surface area contributed by atoms with E-state index in [2.05, 4.69) is 24.9 Å². The van der Waals surface area contributed by atoms with Gasteiger partial charge in [0.25, 0.3) is 0 Å². The molecule has 1 atom stereocenters. The molecule has 1 unspecified atom stereocenters. The molecule has 0 aliphatic carbocycles. The van der Waals surface area contributed by atoms with Gasteiger partial charge in [-0.05, 0) is 24.8 Å². The molecule has 0 aromatic carbocycles. The van der Waals surface area contributed by atoms with Crippen LogP contribution in [0.15, 0.2) is 16.6 Å². The predicted octanol–water partition coefficient (Wildman–Crippen LogP) is 2.43. The van der Waals surface area contributed by atoms with Crippen molar-refractivity contribution < 1.29 is 0 Å². The summed E-state index contributed by atoms with van der Waals surface area (Å²) in [6.07, 6.45) is 6.52. The Hall–Kier alpha value is -0.590. The van der Waals surface area contributed by atoms with Crippen molar-refractivity contribution in [1.29, 1.82) is 0 Å². The fourth-order valence-electron chi connectivity index (χ4n) is 1.39. The van der Waals surface area contributed by atoms with E-state index < -0.39 is 0 Å². The van der Waals surface area contributed by atoms with Crippen LogP contribution in [0, 0.1) is 5.92 Å². The topological polar surface area (TPSA) is 12.4 Å². The Morgan fingerprint density at radius 3 is 2.90 bits per heavy atom. The number of aliphatic imine (C=N–C) groups is 1. The van der Waals surface area contributed by atoms with Crippen molar-refractivity contribution in [2.24, 2.45) is 10.9 Å². The van der Waals surface area contributed by atoms with Crippen molar-refractivity contribution in [3.63, 3.8) is 0 Å². The Morgan fingerprint density at radius 1 is 1.60 bits per heavy atom. The maximum absolute atomic E-state index is 4.23. The molecule has 0 N–H and O–H groups in total. The third kappa shape index (κ3) is 1.47. The number of nitrogens with zero attached hydrogens (tertiary/aromatic N) is 1. The van der Waals surface area contributed by atoms with Gasteiger partial charge in [-0.1, -0.05) is 19.4 Å². The van der Waals surface area contributed by atoms with Crippen LogP contribution in [0.4, 0.5) is 0 Å². The van der Waals surface area contributed by atoms with E-state index in [0.717, 1.165) is 12.5 Å². The summed E-state index contributed by atoms with van der Waals surface area (Å²) in [4.78, 5) is 4.23. The van der Waals surface area contributed by atoms with Gasteiger partial charge in [0, 0.05) is 12.8 Å². The third-order valence-corrected chi connectivity index (χ3v) is 2.15. The number of dihydropyridines is 1. The van der Waals surface area contributed by atoms with Crippen LogP contribution in [0.5, 0.6) is 0 Å². The molecule has 1 rings (SSSR count). The van der Waals surface area contributed by atoms with Gasteiger partial charge in [0.2, 0.25) is 0 Å². The highest BCUT2D eigenvalue weighted by Gasteiger charge is 2.10. The zero-order chi connectivity index (χ0) is 7.40. The summed E-state index contributed by atoms with van der Waals surface area (Å²) in [5, 5.41) is 0. The van der Waals surface area contributed by atoms with Crippen molar-refractivity contribution in [2.45, 2.75) is 26.7 Å². The molecule has 0 saturated carbocycles. The summed E-state index contributed by atoms with van der Waals surface area (Å²) in [6.45, 7) is 5.46. The van der Waals surface area contributed by atoms with Gasteiger partial charge in [0.1, 0.15) is 0 Å². The number of allylic oxidation sites excluding steroid dienone is 1. The minimum Gasteiger partial charge on any atom is -0.293 e. The van der Waals surface area contributed by atoms with E-state index in [0.29, 0.717) is 0 Å². The Balaban J connectivity index is 2.61. The van der Waals surface area contributed by atoms with Crippen molar-refractivity contribution >= 4 is 6.21 Å². The van der Waals surface area contributed by atoms with E-state index in [-0.39, 0.29) is 0 Å². The standard InChI is InChI=1S/C9H15N/c1-3-8-5-6-10-7-9(8)4-2/h5-6,9H,3-4,7H2,1-2H3. The molecule has 0 radical (unpaired) electrons. The van der Waals surface area contributed by atoms with E-state index in [1.807, 2.05) is 6.21 Å². The lowest BCUT2D eigenvalue weighted by Gasteiger charge is -2.17. The smallest absolute Gasteiger partial charge is 0.0454 e. The van der Waals surface area contributed by atoms with E-state index in [1.165, 1.54) is 12.8 Å². The lowest BCUT2D eigenvalue weighted by Crippen LogP contribution is -2.10. The van der Waals surface area contributed by atoms with Crippen molar-refractivity contribution in [3.05, 3.63) is 11.6 Å². The molecule has 10 heavy (non-hydrogen) atoms. The first-order valence-electron chi connectivity index (χ1n) is 4.07. The first-order chi connectivity index (χ1) is 4.88. The van der Waals surface area contributed by atoms with Crippen LogP contribution in [0.1, 0.15) is 26.7 Å². The number of rotatable bonds is 2. The molecule has 0 spiro atoms. The van der Waals surface area contributed by atoms with Crippen LogP contribution in [-0.4, -0.2) is 12.8 Å². The van der Waals surface area contributed by atoms with Gasteiger partial charge in [0.05, 0.1) is 0 Å². The molecule has 1 aliphatic rings. The van der Waals surface area contributed by atoms with Crippen LogP contribution in [-0.2, 0) is 0 Å². The quantitative estimate of drug-likeness (QED) is 0.554. The summed E-state index contributed by atoms with van der Waals surface area (Å²) in [6, 6.07) is 0. The summed E-state index contributed by atoms with van der Waals surface area (Å²) in [5.41, 5.74) is 1.57. The van der Waals surface area contributed by atoms with Gasteiger partial charge in [-0.2, -0.15) is 0 Å². The van der Waals surface area contributed by atoms with Gasteiger partial charge < -0.3 is 0 Å². The Morgan fingerprint density at radius 2 is 2.40 bits per heavy atom. The average molecular weight is 137 g/mol. The second-order valence-electron chi connectivity index (χ2n) is 2.71. The fraction of sp³-hybridized carbons (Fsp3) is 0.667. The van der Waals surface area contributed by atoms with E-state index in [9.17, 15) is 0 Å². The highest BCUT2D eigenvalue weighted by Crippen LogP contribution is 2.20. The Kier molecular flexibility index (Phi) is 2.67. The first-order valence-corrected chi connectivity index (χ1v) is 4.07. The minimum absolute atomic E-state index is 0.731. The molecular weight excluding hydrogens is 122 g/mol. The minimum atomic E-state index is 0.731. The molecule has 0 saturated heterocycles. The molecule has 1 heteroatoms. The predicted molar refractivity (Wildman–Crippen MR) is 45.5 cm³/mol. The monoisotopic (exact) mass is 137 g/mol. The van der Waals surface area contributed by atoms with Crippen LogP contribution in [0.3, 0.4) is 0 Å². The van der Waals surface area contributed by atoms with Crippen LogP contribution >= 0.6 is 0 Å². The fourth-order valence-corrected chi connectivity index (χ4v) is 1.39. The summed E-state index contributed by atoms with van der Waals surface area (Å²) in [5.74, 6) is 0.731. The molecule has 0 fully saturated rings. The zero-order valence-electron chi connectivity index (χ0n) is 6.80. The molecule has 1 nitrogen and oxygen atoms in total. The first kappa shape index (κ1) is 7.52. The summed E-state index contributed by atoms with van der Waals surface area (Å²) < 4.78 is 0. The van der Waals surface area contributed by atoms with Crippen LogP contribution < -0.4 is 0 Å². The molecular formula is C9H15N. The molecule has 0 bridgehead atoms. The van der Waals surface area contributed by atoms with Crippen molar-refractivity contribution in [2.75, 3.05) is 6.54 Å². The van der Waals surface area contributed by atoms with Gasteiger partial charge in [-0.25, -0.2) is 0 Å². The van der Waals surface area contributed by atoms with Crippen LogP contribution in [0.2, 0.25) is 0 Å². The second-order valence-corrected chi connectivity index (χ2v) is 2.71. The summed E-state index contributed by atoms with van der Waals surface area (Å²) >= 11 is 0. The average Bonchev–Trinajstić information content (AvgIpc) is 2.04. The van der Waals surface area contributed by atoms with Crippen LogP contribution in [0.25, 0.3) is 0 Å². The SMILES string of the molecule is CCC1=CC=NCC1CC. The molecule has 0 aromatic rings. The Labute approximate surface area is 62.9 Å². The number of hydrogen-bond donors (Lipinski definition) is 0. The molecule has 0 aromatic heterocycles. The highest BCUT2D eigenvalue weighted by molar-refractivity contribution is 5.73. The lowest BCUT2D eigenvalue weighted by atomic mass is 9.93. The van der Waals surface area contributed by atoms with Crippen molar-refractivity contribution in [3.8, 4) is 0 Å². The van der Waals surface area contributed by atoms with Gasteiger partial charge in [0.15, 0.2) is 0 Å². The van der Waals surface area contributed by atoms with Gasteiger partial charge in [-0.3, -0.25) is 4.99 Å². The zero-order valence-corrected chi connectivity index (χ0v) is 6.80. The highest BCUT2D eigenvalue weighted by atomic mass is 14.7. The largest absolute Gasteiger partial charge is 0.293 e. The maximum Gasteiger partial charge on any atom is 0.0454 e. The lowest BCUT2D eigenvalue weighted by molar-refractivity contribution is 0.583. The van der Waals surface area contributed by atoms with E-state index in [4.69, 9.17) is 0 Å². The third-order valence-electron chi connectivity index (χ3n) is 2.15. The van der Waals surface area contributed by atoms with Crippen molar-refractivity contribution in [1.82, 2.24) is 0 Å². The van der Waals surface area contributed by atoms with E-state index in [1.54, 1.807) is 5.57 Å². The molecule has 0 amide bonds. The second kappa shape index (κ2) is 3.55. The summed E-state index contributed by atoms with van der Waals surface area (Å²) in [7, 11) is 0. The number of hydrogen-bond acceptors (Lipinski definition) is 1. The normalized spacial score (nSPS) is 24.6. The van der Waals surface area contributed by atoms with Gasteiger partial charge in [-0.15, -0.1) is 0 Å². The van der Waals surface area contributed by atoms with E-state index >= 15 is 0 Å². The van der Waals surface area contributed by atoms with Gasteiger partial charge >= 0.3 is 0 Å². The molecule has 1 aliphatic heterocycles. The molecule has 1 heterocycles. The maximum atomic E-state index is 4.23. The Bertz CT molecular complexity index is 156.